The number of carbonyl (C=O) groups excluding carboxylic acids is 2. The number of amides is 2. The van der Waals surface area contributed by atoms with Crippen molar-refractivity contribution in [3.63, 3.8) is 0 Å². The summed E-state index contributed by atoms with van der Waals surface area (Å²) in [4.78, 5) is 36.1. The maximum atomic E-state index is 14.9. The average Bonchev–Trinajstić information content (AvgIpc) is 3.58. The van der Waals surface area contributed by atoms with Crippen LogP contribution in [0.25, 0.3) is 15.4 Å². The summed E-state index contributed by atoms with van der Waals surface area (Å²) in [7, 11) is 1.42. The molecule has 2 aliphatic carbocycles. The number of imidazole rings is 1. The van der Waals surface area contributed by atoms with Gasteiger partial charge in [0, 0.05) is 0 Å². The number of ether oxygens (including phenoxy) is 1. The van der Waals surface area contributed by atoms with Crippen LogP contribution in [0, 0.1) is 11.8 Å². The predicted octanol–water partition coefficient (Wildman–Crippen LogP) is 1.58. The molecule has 11 heteroatoms. The average molecular weight is 962 g/mol. The van der Waals surface area contributed by atoms with Gasteiger partial charge in [-0.2, -0.15) is 0 Å². The Morgan fingerprint density at radius 2 is 1.85 bits per heavy atom. The third-order valence-corrected chi connectivity index (χ3v) is 16.0. The van der Waals surface area contributed by atoms with Crippen molar-refractivity contribution in [2.24, 2.45) is 11.8 Å². The van der Waals surface area contributed by atoms with E-state index >= 15 is 0 Å². The van der Waals surface area contributed by atoms with Gasteiger partial charge in [-0.05, 0) is 0 Å². The van der Waals surface area contributed by atoms with Crippen LogP contribution >= 0.6 is 0 Å². The van der Waals surface area contributed by atoms with E-state index in [0.717, 1.165) is 55.5 Å². The number of nitrogens with one attached hydrogen (secondary N) is 1. The van der Waals surface area contributed by atoms with Gasteiger partial charge in [-0.1, -0.05) is 19.3 Å². The third kappa shape index (κ3) is 7.73. The predicted molar refractivity (Wildman–Crippen MR) is 205 cm³/mol. The Balaban J connectivity index is 1.24. The number of likely N-dealkylation sites (tertiary alicyclic amines) is 1. The van der Waals surface area contributed by atoms with Crippen molar-refractivity contribution in [2.75, 3.05) is 25.1 Å². The number of hydrogen-bond donors (Lipinski definition) is 1. The molecule has 8 nitrogen and oxygen atoms in total. The number of aromatic nitrogens is 2. The van der Waals surface area contributed by atoms with Gasteiger partial charge < -0.3 is 0 Å². The van der Waals surface area contributed by atoms with Gasteiger partial charge in [0.1, 0.15) is 0 Å². The van der Waals surface area contributed by atoms with Gasteiger partial charge in [0.05, 0.1) is 7.11 Å². The summed E-state index contributed by atoms with van der Waals surface area (Å²) in [6.07, 6.45) is 18.3. The van der Waals surface area contributed by atoms with Crippen molar-refractivity contribution in [1.82, 2.24) is 19.8 Å². The molecule has 5 aliphatic rings. The Labute approximate surface area is 340 Å². The fourth-order valence-corrected chi connectivity index (χ4v) is 12.5. The van der Waals surface area contributed by atoms with Crippen LogP contribution in [-0.4, -0.2) is 52.7 Å². The second-order valence-corrected chi connectivity index (χ2v) is 20.3. The standard InChI is InChI=1S/C43H54FI2N5O3/c1-6-45-19-16-36(29(4)44)48-40-39-37(47-27-50(39)28(2)3)24-33(26-46-40)31-14-15-35-38(25-31)51(34-22-32(23-34)30-12-10-8-7-9-11-13-30)41(52)43(35)17-20-49(21-18-43)42(53)54-5/h6,14-16,19,24-28,30,32,34,48H,1,7-13,17-18,20-23H2,2-5H3/q-2/b19-16-,36-29-. The van der Waals surface area contributed by atoms with E-state index in [9.17, 15) is 14.0 Å². The number of halogens is 3. The minimum atomic E-state index is -0.736. The Kier molecular flexibility index (Phi) is 12.4. The van der Waals surface area contributed by atoms with Gasteiger partial charge in [0.25, 0.3) is 0 Å². The van der Waals surface area contributed by atoms with E-state index in [1.807, 2.05) is 20.6 Å². The maximum absolute atomic E-state index is 14.9. The van der Waals surface area contributed by atoms with Crippen molar-refractivity contribution < 1.29 is 61.1 Å². The van der Waals surface area contributed by atoms with Gasteiger partial charge in [-0.3, -0.25) is 0 Å². The first kappa shape index (κ1) is 39.3. The molecule has 4 heterocycles. The Bertz CT molecular complexity index is 1970. The molecule has 54 heavy (non-hydrogen) atoms. The summed E-state index contributed by atoms with van der Waals surface area (Å²) >= 11 is -1.08. The van der Waals surface area contributed by atoms with Crippen LogP contribution < -0.4 is 63.3 Å². The molecule has 0 atom stereocenters. The monoisotopic (exact) mass is 961 g/mol. The molecule has 1 spiro atoms. The van der Waals surface area contributed by atoms with Gasteiger partial charge in [-0.15, -0.1) is 0 Å². The molecule has 3 fully saturated rings. The first-order valence-corrected chi connectivity index (χ1v) is 24.4. The van der Waals surface area contributed by atoms with Gasteiger partial charge in [0.2, 0.25) is 0 Å². The molecule has 2 aromatic rings. The van der Waals surface area contributed by atoms with Crippen molar-refractivity contribution in [3.05, 3.63) is 82.8 Å². The molecule has 1 N–H and O–H groups in total. The Morgan fingerprint density at radius 3 is 2.52 bits per heavy atom. The van der Waals surface area contributed by atoms with Crippen LogP contribution in [0.2, 0.25) is 0 Å². The molecule has 7 rings (SSSR count). The number of methoxy groups -OCH3 is 1. The zero-order valence-electron chi connectivity index (χ0n) is 32.1. The molecule has 0 radical (unpaired) electrons. The summed E-state index contributed by atoms with van der Waals surface area (Å²) < 4.78 is 29.3. The van der Waals surface area contributed by atoms with Gasteiger partial charge in [0.15, 0.2) is 0 Å². The number of anilines is 1. The molecule has 1 aromatic carbocycles. The molecule has 2 saturated carbocycles. The number of fused-ring (bicyclic) bond motifs is 3. The Hall–Kier alpha value is -2.94. The Morgan fingerprint density at radius 1 is 1.13 bits per heavy atom. The number of allylic oxidation sites excluding steroid dienone is 3. The molecule has 0 bridgehead atoms. The van der Waals surface area contributed by atoms with Crippen molar-refractivity contribution in [2.45, 2.75) is 109 Å². The first-order valence-electron chi connectivity index (χ1n) is 19.6. The number of benzene rings is 1. The van der Waals surface area contributed by atoms with Crippen LogP contribution in [0.4, 0.5) is 14.9 Å². The summed E-state index contributed by atoms with van der Waals surface area (Å²) in [6.45, 7) is 10.6. The summed E-state index contributed by atoms with van der Waals surface area (Å²) in [6, 6.07) is 6.98. The number of carbonyl (C=O) groups is 2. The van der Waals surface area contributed by atoms with E-state index < -0.39 is 26.6 Å². The van der Waals surface area contributed by atoms with Crippen molar-refractivity contribution >= 4 is 33.0 Å². The van der Waals surface area contributed by atoms with E-state index in [0.29, 0.717) is 37.5 Å². The summed E-state index contributed by atoms with van der Waals surface area (Å²) in [5.41, 5.74) is 4.10. The number of rotatable bonds is 9. The van der Waals surface area contributed by atoms with Crippen molar-refractivity contribution in [1.29, 1.82) is 0 Å². The van der Waals surface area contributed by atoms with Crippen LogP contribution in [-0.2, 0) is 14.9 Å². The molecular weight excluding hydrogens is 907 g/mol. The second kappa shape index (κ2) is 17.1. The van der Waals surface area contributed by atoms with E-state index in [1.165, 1.54) is 59.0 Å². The third-order valence-electron chi connectivity index (χ3n) is 12.3. The number of piperidine rings is 1. The second-order valence-electron chi connectivity index (χ2n) is 15.7. The minimum absolute atomic E-state index is 0.174. The van der Waals surface area contributed by atoms with E-state index in [2.05, 4.69) is 63.6 Å². The van der Waals surface area contributed by atoms with Crippen LogP contribution in [0.3, 0.4) is 0 Å². The van der Waals surface area contributed by atoms with E-state index in [4.69, 9.17) is 9.72 Å². The number of hydrogen-bond acceptors (Lipinski definition) is 5. The first-order chi connectivity index (χ1) is 26.1. The molecule has 292 valence electrons. The number of nitrogens with zero attached hydrogens (tertiary/aromatic N) is 4. The SMILES string of the molecule is C=C[I-]/C=C\C(NC1=c2c(ncn2C(C)C)=CC(c2ccc3c(c2)N(C2CC(C4CCCCCCC4)C2)C(=O)C32CCN(C(=O)OC)CC2)=C[I-]1)=C(/C)F. The molecule has 0 unspecified atom stereocenters. The van der Waals surface area contributed by atoms with Gasteiger partial charge >= 0.3 is 316 Å². The van der Waals surface area contributed by atoms with Gasteiger partial charge in [-0.25, -0.2) is 0 Å². The van der Waals surface area contributed by atoms with Crippen LogP contribution in [0.5, 0.6) is 0 Å². The van der Waals surface area contributed by atoms with Crippen molar-refractivity contribution in [3.8, 4) is 0 Å². The van der Waals surface area contributed by atoms with Crippen LogP contribution in [0.15, 0.2) is 61.0 Å². The molecular formula is C43H54FI2N5O3-2. The summed E-state index contributed by atoms with van der Waals surface area (Å²) in [5, 5.41) is 5.35. The topological polar surface area (TPSA) is 79.7 Å². The molecule has 2 amide bonds. The van der Waals surface area contributed by atoms with Crippen LogP contribution in [0.1, 0.15) is 109 Å². The zero-order valence-corrected chi connectivity index (χ0v) is 36.4. The van der Waals surface area contributed by atoms with E-state index in [-0.39, 0.29) is 51.1 Å². The molecule has 3 aliphatic heterocycles. The quantitative estimate of drug-likeness (QED) is 0.235. The van der Waals surface area contributed by atoms with E-state index in [1.54, 1.807) is 4.90 Å². The fourth-order valence-electron chi connectivity index (χ4n) is 9.19. The zero-order chi connectivity index (χ0) is 38.0. The molecule has 1 aromatic heterocycles. The summed E-state index contributed by atoms with van der Waals surface area (Å²) in [5.74, 6) is 1.40. The molecule has 1 saturated heterocycles. The fraction of sp³-hybridized carbons (Fsp3) is 0.512. The normalized spacial score (nSPS) is 23.7.